The van der Waals surface area contributed by atoms with Crippen LogP contribution in [0.3, 0.4) is 0 Å². The first-order chi connectivity index (χ1) is 8.70. The Hall–Kier alpha value is -1.94. The summed E-state index contributed by atoms with van der Waals surface area (Å²) < 4.78 is 18.4. The van der Waals surface area contributed by atoms with Crippen LogP contribution in [0.2, 0.25) is 0 Å². The molecule has 0 aliphatic carbocycles. The average Bonchev–Trinajstić information content (AvgIpc) is 2.70. The van der Waals surface area contributed by atoms with Crippen molar-refractivity contribution >= 4 is 0 Å². The molecule has 2 aromatic rings. The van der Waals surface area contributed by atoms with Gasteiger partial charge >= 0.3 is 0 Å². The molecule has 1 aliphatic rings. The number of benzene rings is 1. The van der Waals surface area contributed by atoms with E-state index in [1.807, 2.05) is 6.07 Å². The van der Waals surface area contributed by atoms with E-state index in [9.17, 15) is 9.18 Å². The van der Waals surface area contributed by atoms with Gasteiger partial charge in [0.25, 0.3) is 0 Å². The molecular formula is C14H12FNO2. The highest BCUT2D eigenvalue weighted by Gasteiger charge is 2.19. The van der Waals surface area contributed by atoms with E-state index in [4.69, 9.17) is 4.42 Å². The Kier molecular flexibility index (Phi) is 2.72. The largest absolute Gasteiger partial charge is 0.468 e. The summed E-state index contributed by atoms with van der Waals surface area (Å²) in [6.07, 6.45) is 1.40. The SMILES string of the molecule is O=c1ccoc(CN2Cc3ccc(F)cc3C2)c1. The van der Waals surface area contributed by atoms with Crippen LogP contribution in [0.25, 0.3) is 0 Å². The summed E-state index contributed by atoms with van der Waals surface area (Å²) in [5.41, 5.74) is 2.09. The maximum atomic E-state index is 13.1. The Bertz CT molecular complexity index is 636. The second-order valence-corrected chi connectivity index (χ2v) is 4.49. The third kappa shape index (κ3) is 2.19. The van der Waals surface area contributed by atoms with Crippen molar-refractivity contribution in [2.45, 2.75) is 19.6 Å². The molecule has 92 valence electrons. The number of nitrogens with zero attached hydrogens (tertiary/aromatic N) is 1. The fourth-order valence-electron chi connectivity index (χ4n) is 2.28. The van der Waals surface area contributed by atoms with Crippen LogP contribution in [-0.4, -0.2) is 4.90 Å². The molecule has 1 aromatic carbocycles. The molecule has 0 fully saturated rings. The lowest BCUT2D eigenvalue weighted by Crippen LogP contribution is -2.16. The topological polar surface area (TPSA) is 33.5 Å². The number of rotatable bonds is 2. The van der Waals surface area contributed by atoms with Crippen molar-refractivity contribution in [2.24, 2.45) is 0 Å². The number of halogens is 1. The van der Waals surface area contributed by atoms with Crippen LogP contribution >= 0.6 is 0 Å². The van der Waals surface area contributed by atoms with Gasteiger partial charge in [0.2, 0.25) is 0 Å². The Morgan fingerprint density at radius 2 is 2.00 bits per heavy atom. The fourth-order valence-corrected chi connectivity index (χ4v) is 2.28. The minimum atomic E-state index is -0.207. The molecular weight excluding hydrogens is 233 g/mol. The van der Waals surface area contributed by atoms with Gasteiger partial charge in [-0.2, -0.15) is 0 Å². The van der Waals surface area contributed by atoms with Crippen molar-refractivity contribution in [3.63, 3.8) is 0 Å². The first-order valence-electron chi connectivity index (χ1n) is 5.78. The molecule has 18 heavy (non-hydrogen) atoms. The van der Waals surface area contributed by atoms with E-state index in [0.717, 1.165) is 17.7 Å². The molecule has 0 saturated carbocycles. The van der Waals surface area contributed by atoms with Gasteiger partial charge in [0, 0.05) is 25.2 Å². The van der Waals surface area contributed by atoms with Crippen LogP contribution in [0.15, 0.2) is 45.8 Å². The van der Waals surface area contributed by atoms with E-state index in [2.05, 4.69) is 4.90 Å². The highest BCUT2D eigenvalue weighted by atomic mass is 19.1. The van der Waals surface area contributed by atoms with Crippen LogP contribution in [0.4, 0.5) is 4.39 Å². The van der Waals surface area contributed by atoms with Crippen molar-refractivity contribution in [2.75, 3.05) is 0 Å². The summed E-state index contributed by atoms with van der Waals surface area (Å²) in [6, 6.07) is 7.73. The minimum Gasteiger partial charge on any atom is -0.468 e. The number of hydrogen-bond acceptors (Lipinski definition) is 3. The van der Waals surface area contributed by atoms with Gasteiger partial charge in [-0.15, -0.1) is 0 Å². The van der Waals surface area contributed by atoms with Gasteiger partial charge in [-0.1, -0.05) is 6.07 Å². The second kappa shape index (κ2) is 4.38. The highest BCUT2D eigenvalue weighted by Crippen LogP contribution is 2.24. The standard InChI is InChI=1S/C14H12FNO2/c15-12-2-1-10-7-16(8-11(10)5-12)9-14-6-13(17)3-4-18-14/h1-6H,7-9H2. The molecule has 2 heterocycles. The molecule has 0 radical (unpaired) electrons. The number of fused-ring (bicyclic) bond motifs is 1. The van der Waals surface area contributed by atoms with Crippen LogP contribution in [-0.2, 0) is 19.6 Å². The Balaban J connectivity index is 1.76. The van der Waals surface area contributed by atoms with Gasteiger partial charge in [0.15, 0.2) is 5.43 Å². The monoisotopic (exact) mass is 245 g/mol. The van der Waals surface area contributed by atoms with Crippen molar-refractivity contribution in [3.8, 4) is 0 Å². The van der Waals surface area contributed by atoms with E-state index in [-0.39, 0.29) is 11.2 Å². The lowest BCUT2D eigenvalue weighted by atomic mass is 10.1. The van der Waals surface area contributed by atoms with E-state index < -0.39 is 0 Å². The van der Waals surface area contributed by atoms with Gasteiger partial charge in [-0.05, 0) is 23.3 Å². The molecule has 0 saturated heterocycles. The first kappa shape index (κ1) is 11.2. The van der Waals surface area contributed by atoms with Gasteiger partial charge in [-0.3, -0.25) is 9.69 Å². The molecule has 0 N–H and O–H groups in total. The lowest BCUT2D eigenvalue weighted by molar-refractivity contribution is 0.248. The summed E-state index contributed by atoms with van der Waals surface area (Å²) in [5.74, 6) is 0.428. The number of hydrogen-bond donors (Lipinski definition) is 0. The molecule has 0 spiro atoms. The summed E-state index contributed by atoms with van der Waals surface area (Å²) >= 11 is 0. The third-order valence-corrected chi connectivity index (χ3v) is 3.09. The molecule has 0 bridgehead atoms. The summed E-state index contributed by atoms with van der Waals surface area (Å²) in [6.45, 7) is 2.01. The molecule has 0 amide bonds. The van der Waals surface area contributed by atoms with Crippen LogP contribution < -0.4 is 5.43 Å². The zero-order valence-electron chi connectivity index (χ0n) is 9.73. The molecule has 0 atom stereocenters. The predicted molar refractivity (Wildman–Crippen MR) is 64.3 cm³/mol. The Labute approximate surface area is 103 Å². The summed E-state index contributed by atoms with van der Waals surface area (Å²) in [5, 5.41) is 0. The van der Waals surface area contributed by atoms with Crippen molar-refractivity contribution < 1.29 is 8.81 Å². The Morgan fingerprint density at radius 1 is 1.17 bits per heavy atom. The van der Waals surface area contributed by atoms with Gasteiger partial charge in [0.05, 0.1) is 12.8 Å². The van der Waals surface area contributed by atoms with Crippen LogP contribution in [0.1, 0.15) is 16.9 Å². The van der Waals surface area contributed by atoms with Gasteiger partial charge in [0.1, 0.15) is 11.6 Å². The summed E-state index contributed by atoms with van der Waals surface area (Å²) in [4.78, 5) is 13.3. The molecule has 0 unspecified atom stereocenters. The van der Waals surface area contributed by atoms with E-state index in [1.165, 1.54) is 24.5 Å². The predicted octanol–water partition coefficient (Wildman–Crippen LogP) is 2.29. The van der Waals surface area contributed by atoms with E-state index >= 15 is 0 Å². The molecule has 4 heteroatoms. The maximum Gasteiger partial charge on any atom is 0.185 e. The highest BCUT2D eigenvalue weighted by molar-refractivity contribution is 5.31. The van der Waals surface area contributed by atoms with Gasteiger partial charge in [-0.25, -0.2) is 4.39 Å². The van der Waals surface area contributed by atoms with Crippen molar-refractivity contribution in [3.05, 3.63) is 69.5 Å². The van der Waals surface area contributed by atoms with Crippen LogP contribution in [0.5, 0.6) is 0 Å². The molecule has 3 nitrogen and oxygen atoms in total. The molecule has 1 aromatic heterocycles. The van der Waals surface area contributed by atoms with E-state index in [1.54, 1.807) is 6.07 Å². The molecule has 3 rings (SSSR count). The smallest absolute Gasteiger partial charge is 0.185 e. The lowest BCUT2D eigenvalue weighted by Gasteiger charge is -2.13. The molecule has 1 aliphatic heterocycles. The first-order valence-corrected chi connectivity index (χ1v) is 5.78. The quantitative estimate of drug-likeness (QED) is 0.814. The van der Waals surface area contributed by atoms with E-state index in [0.29, 0.717) is 18.8 Å². The van der Waals surface area contributed by atoms with Crippen LogP contribution in [0, 0.1) is 5.82 Å². The zero-order chi connectivity index (χ0) is 12.5. The van der Waals surface area contributed by atoms with Gasteiger partial charge < -0.3 is 4.42 Å². The zero-order valence-corrected chi connectivity index (χ0v) is 9.73. The average molecular weight is 245 g/mol. The minimum absolute atomic E-state index is 0.0565. The third-order valence-electron chi connectivity index (χ3n) is 3.09. The Morgan fingerprint density at radius 3 is 2.83 bits per heavy atom. The normalized spacial score (nSPS) is 14.7. The van der Waals surface area contributed by atoms with Crippen molar-refractivity contribution in [1.29, 1.82) is 0 Å². The second-order valence-electron chi connectivity index (χ2n) is 4.49. The fraction of sp³-hybridized carbons (Fsp3) is 0.214. The summed E-state index contributed by atoms with van der Waals surface area (Å²) in [7, 11) is 0. The maximum absolute atomic E-state index is 13.1. The van der Waals surface area contributed by atoms with Crippen molar-refractivity contribution in [1.82, 2.24) is 4.90 Å².